The zero-order chi connectivity index (χ0) is 21.6. The van der Waals surface area contributed by atoms with Crippen LogP contribution in [0.3, 0.4) is 0 Å². The number of fused-ring (bicyclic) bond motifs is 1. The fourth-order valence-electron chi connectivity index (χ4n) is 4.93. The maximum absolute atomic E-state index is 6.38. The second-order valence-corrected chi connectivity index (χ2v) is 9.07. The Labute approximate surface area is 191 Å². The highest BCUT2D eigenvalue weighted by Crippen LogP contribution is 2.39. The summed E-state index contributed by atoms with van der Waals surface area (Å²) in [4.78, 5) is 9.96. The molecule has 0 aromatic heterocycles. The molecule has 1 aromatic rings. The quantitative estimate of drug-likeness (QED) is 0.711. The number of halogens is 1. The first-order valence-corrected chi connectivity index (χ1v) is 11.7. The van der Waals surface area contributed by atoms with E-state index in [0.717, 1.165) is 63.6 Å². The largest absolute Gasteiger partial charge is 0.368 e. The minimum atomic E-state index is 0.283. The summed E-state index contributed by atoms with van der Waals surface area (Å²) in [7, 11) is 0. The first-order chi connectivity index (χ1) is 15.2. The molecule has 1 N–H and O–H groups in total. The molecule has 4 rings (SSSR count). The summed E-state index contributed by atoms with van der Waals surface area (Å²) >= 11 is 6.38. The van der Waals surface area contributed by atoms with Crippen LogP contribution in [0.1, 0.15) is 36.9 Å². The molecule has 1 unspecified atom stereocenters. The number of nitrogens with zero attached hydrogens (tertiary/aromatic N) is 3. The lowest BCUT2D eigenvalue weighted by atomic mass is 9.91. The number of allylic oxidation sites excluding steroid dienone is 3. The number of aryl methyl sites for hydroxylation is 1. The van der Waals surface area contributed by atoms with Crippen LogP contribution in [-0.2, 0) is 6.42 Å². The average molecular weight is 437 g/mol. The van der Waals surface area contributed by atoms with Crippen LogP contribution in [0.2, 0.25) is 5.02 Å². The predicted molar refractivity (Wildman–Crippen MR) is 132 cm³/mol. The molecule has 4 nitrogen and oxygen atoms in total. The van der Waals surface area contributed by atoms with E-state index in [9.17, 15) is 0 Å². The highest BCUT2D eigenvalue weighted by atomic mass is 35.5. The molecule has 3 aliphatic rings. The number of hydrogen-bond acceptors (Lipinski definition) is 4. The van der Waals surface area contributed by atoms with Gasteiger partial charge in [-0.15, -0.1) is 0 Å². The highest BCUT2D eigenvalue weighted by Gasteiger charge is 2.32. The van der Waals surface area contributed by atoms with Crippen molar-refractivity contribution in [3.05, 3.63) is 82.2 Å². The lowest BCUT2D eigenvalue weighted by Crippen LogP contribution is -2.48. The number of rotatable bonds is 5. The molecule has 2 aliphatic heterocycles. The van der Waals surface area contributed by atoms with Gasteiger partial charge in [0.25, 0.3) is 0 Å². The molecule has 0 radical (unpaired) electrons. The van der Waals surface area contributed by atoms with E-state index in [1.807, 2.05) is 6.20 Å². The number of benzene rings is 1. The zero-order valence-corrected chi connectivity index (χ0v) is 19.2. The summed E-state index contributed by atoms with van der Waals surface area (Å²) < 4.78 is 0. The van der Waals surface area contributed by atoms with Gasteiger partial charge in [-0.05, 0) is 65.9 Å². The van der Waals surface area contributed by atoms with Gasteiger partial charge in [-0.2, -0.15) is 0 Å². The maximum atomic E-state index is 6.38. The predicted octanol–water partition coefficient (Wildman–Crippen LogP) is 4.91. The van der Waals surface area contributed by atoms with Gasteiger partial charge in [0.2, 0.25) is 0 Å². The third-order valence-corrected chi connectivity index (χ3v) is 6.68. The second-order valence-electron chi connectivity index (χ2n) is 8.63. The van der Waals surface area contributed by atoms with Gasteiger partial charge in [0.15, 0.2) is 0 Å². The Morgan fingerprint density at radius 1 is 1.26 bits per heavy atom. The smallest absolute Gasteiger partial charge is 0.0620 e. The fourth-order valence-corrected chi connectivity index (χ4v) is 5.13. The average Bonchev–Trinajstić information content (AvgIpc) is 2.89. The maximum Gasteiger partial charge on any atom is 0.0620 e. The molecule has 164 valence electrons. The van der Waals surface area contributed by atoms with E-state index in [2.05, 4.69) is 65.2 Å². The normalized spacial score (nSPS) is 22.9. The SMILES string of the molecule is C=CN/C=C(\C)CN1CCN(C2C3=C(C=CCC=NC3)CCc3cc(Cl)ccc32)CC1. The third-order valence-electron chi connectivity index (χ3n) is 6.45. The van der Waals surface area contributed by atoms with E-state index < -0.39 is 0 Å². The summed E-state index contributed by atoms with van der Waals surface area (Å²) in [5.74, 6) is 0. The Hall–Kier alpha value is -2.14. The first-order valence-electron chi connectivity index (χ1n) is 11.3. The van der Waals surface area contributed by atoms with Crippen molar-refractivity contribution in [1.29, 1.82) is 0 Å². The Morgan fingerprint density at radius 2 is 2.10 bits per heavy atom. The topological polar surface area (TPSA) is 30.9 Å². The van der Waals surface area contributed by atoms with Gasteiger partial charge in [0, 0.05) is 56.6 Å². The molecule has 1 aliphatic carbocycles. The molecule has 0 bridgehead atoms. The van der Waals surface area contributed by atoms with Crippen LogP contribution in [-0.4, -0.2) is 55.3 Å². The number of hydrogen-bond donors (Lipinski definition) is 1. The van der Waals surface area contributed by atoms with Gasteiger partial charge in [-0.25, -0.2) is 0 Å². The first kappa shape index (κ1) is 22.1. The van der Waals surface area contributed by atoms with Gasteiger partial charge in [0.1, 0.15) is 0 Å². The van der Waals surface area contributed by atoms with Gasteiger partial charge in [-0.3, -0.25) is 14.8 Å². The van der Waals surface area contributed by atoms with Crippen LogP contribution in [0, 0.1) is 0 Å². The lowest BCUT2D eigenvalue weighted by Gasteiger charge is -2.41. The van der Waals surface area contributed by atoms with E-state index in [0.29, 0.717) is 0 Å². The monoisotopic (exact) mass is 436 g/mol. The lowest BCUT2D eigenvalue weighted by molar-refractivity contribution is 0.113. The highest BCUT2D eigenvalue weighted by molar-refractivity contribution is 6.30. The molecule has 1 fully saturated rings. The Morgan fingerprint density at radius 3 is 2.90 bits per heavy atom. The second kappa shape index (κ2) is 10.4. The molecule has 2 heterocycles. The van der Waals surface area contributed by atoms with Gasteiger partial charge >= 0.3 is 0 Å². The minimum absolute atomic E-state index is 0.283. The summed E-state index contributed by atoms with van der Waals surface area (Å²) in [6.07, 6.45) is 13.4. The number of aliphatic imine (C=N–C) groups is 1. The number of nitrogens with one attached hydrogen (secondary N) is 1. The van der Waals surface area contributed by atoms with Gasteiger partial charge < -0.3 is 5.32 Å². The molecule has 5 heteroatoms. The van der Waals surface area contributed by atoms with Crippen molar-refractivity contribution in [1.82, 2.24) is 15.1 Å². The van der Waals surface area contributed by atoms with Crippen LogP contribution in [0.25, 0.3) is 0 Å². The molecule has 1 aromatic carbocycles. The van der Waals surface area contributed by atoms with Crippen molar-refractivity contribution >= 4 is 17.8 Å². The fraction of sp³-hybridized carbons (Fsp3) is 0.423. The minimum Gasteiger partial charge on any atom is -0.368 e. The van der Waals surface area contributed by atoms with Crippen LogP contribution in [0.15, 0.2) is 71.0 Å². The van der Waals surface area contributed by atoms with Gasteiger partial charge in [0.05, 0.1) is 12.6 Å². The van der Waals surface area contributed by atoms with Crippen LogP contribution >= 0.6 is 11.6 Å². The van der Waals surface area contributed by atoms with Crippen LogP contribution in [0.5, 0.6) is 0 Å². The van der Waals surface area contributed by atoms with E-state index in [-0.39, 0.29) is 6.04 Å². The molecule has 1 atom stereocenters. The molecule has 0 saturated carbocycles. The van der Waals surface area contributed by atoms with Crippen LogP contribution in [0.4, 0.5) is 0 Å². The van der Waals surface area contributed by atoms with Crippen molar-refractivity contribution in [2.75, 3.05) is 39.3 Å². The van der Waals surface area contributed by atoms with E-state index in [1.54, 1.807) is 6.20 Å². The Bertz CT molecular complexity index is 919. The molecule has 0 spiro atoms. The van der Waals surface area contributed by atoms with E-state index in [4.69, 9.17) is 16.6 Å². The summed E-state index contributed by atoms with van der Waals surface area (Å²) in [6, 6.07) is 6.77. The molecule has 0 amide bonds. The van der Waals surface area contributed by atoms with Crippen molar-refractivity contribution < 1.29 is 0 Å². The zero-order valence-electron chi connectivity index (χ0n) is 18.5. The van der Waals surface area contributed by atoms with Crippen LogP contribution < -0.4 is 5.32 Å². The summed E-state index contributed by atoms with van der Waals surface area (Å²) in [6.45, 7) is 11.9. The van der Waals surface area contributed by atoms with Gasteiger partial charge in [-0.1, -0.05) is 36.4 Å². The van der Waals surface area contributed by atoms with E-state index in [1.165, 1.54) is 27.8 Å². The Kier molecular flexibility index (Phi) is 7.44. The van der Waals surface area contributed by atoms with Crippen molar-refractivity contribution in [3.8, 4) is 0 Å². The Balaban J connectivity index is 1.59. The van der Waals surface area contributed by atoms with E-state index >= 15 is 0 Å². The molecule has 31 heavy (non-hydrogen) atoms. The molecular formula is C26H33ClN4. The van der Waals surface area contributed by atoms with Crippen molar-refractivity contribution in [2.45, 2.75) is 32.2 Å². The van der Waals surface area contributed by atoms with Crippen molar-refractivity contribution in [2.24, 2.45) is 4.99 Å². The molecule has 1 saturated heterocycles. The standard InChI is InChI=1S/C26H33ClN4/c1-3-28-17-20(2)19-30-12-14-31(15-13-30)26-24-10-9-23(27)16-22(24)8-7-21-6-4-5-11-29-18-25(21)26/h3-4,6,9-11,16-17,26,28H,1,5,7-8,12-15,18-19H2,2H3/b6-4?,20-17+,29-11?. The summed E-state index contributed by atoms with van der Waals surface area (Å²) in [5, 5.41) is 3.92. The summed E-state index contributed by atoms with van der Waals surface area (Å²) in [5.41, 5.74) is 7.06. The number of piperazine rings is 1. The third kappa shape index (κ3) is 5.38. The molecular weight excluding hydrogens is 404 g/mol. The van der Waals surface area contributed by atoms with Crippen molar-refractivity contribution in [3.63, 3.8) is 0 Å².